The van der Waals surface area contributed by atoms with Crippen molar-refractivity contribution in [3.8, 4) is 5.75 Å². The Morgan fingerprint density at radius 1 is 1.39 bits per heavy atom. The highest BCUT2D eigenvalue weighted by Crippen LogP contribution is 2.30. The average molecular weight is 250 g/mol. The molecular formula is C13H14O5. The first-order valence-corrected chi connectivity index (χ1v) is 5.74. The van der Waals surface area contributed by atoms with E-state index in [1.165, 1.54) is 25.0 Å². The quantitative estimate of drug-likeness (QED) is 0.747. The maximum absolute atomic E-state index is 11.0. The maximum Gasteiger partial charge on any atom is 0.335 e. The highest BCUT2D eigenvalue weighted by atomic mass is 16.5. The fraction of sp³-hybridized carbons (Fsp3) is 0.385. The fourth-order valence-corrected chi connectivity index (χ4v) is 1.58. The van der Waals surface area contributed by atoms with Crippen molar-refractivity contribution in [2.75, 3.05) is 6.61 Å². The van der Waals surface area contributed by atoms with Crippen LogP contribution in [0.2, 0.25) is 0 Å². The number of aromatic carboxylic acids is 1. The molecule has 0 atom stereocenters. The van der Waals surface area contributed by atoms with Gasteiger partial charge < -0.3 is 14.6 Å². The second kappa shape index (κ2) is 5.53. The summed E-state index contributed by atoms with van der Waals surface area (Å²) in [6, 6.07) is 4.64. The van der Waals surface area contributed by atoms with E-state index < -0.39 is 5.97 Å². The van der Waals surface area contributed by atoms with Crippen LogP contribution in [0, 0.1) is 5.92 Å². The van der Waals surface area contributed by atoms with Gasteiger partial charge in [0.25, 0.3) is 6.47 Å². The lowest BCUT2D eigenvalue weighted by Crippen LogP contribution is -2.04. The Kier molecular flexibility index (Phi) is 3.82. The molecule has 96 valence electrons. The Morgan fingerprint density at radius 3 is 2.78 bits per heavy atom. The van der Waals surface area contributed by atoms with Gasteiger partial charge in [-0.1, -0.05) is 0 Å². The van der Waals surface area contributed by atoms with Crippen LogP contribution in [-0.4, -0.2) is 24.2 Å². The first-order valence-electron chi connectivity index (χ1n) is 5.74. The zero-order chi connectivity index (χ0) is 13.0. The Bertz CT molecular complexity index is 451. The molecule has 0 amide bonds. The summed E-state index contributed by atoms with van der Waals surface area (Å²) in [6.45, 7) is 0.986. The maximum atomic E-state index is 11.0. The van der Waals surface area contributed by atoms with Gasteiger partial charge in [0.15, 0.2) is 0 Å². The molecular weight excluding hydrogens is 236 g/mol. The fourth-order valence-electron chi connectivity index (χ4n) is 1.58. The molecule has 2 rings (SSSR count). The van der Waals surface area contributed by atoms with E-state index >= 15 is 0 Å². The van der Waals surface area contributed by atoms with E-state index in [2.05, 4.69) is 4.74 Å². The summed E-state index contributed by atoms with van der Waals surface area (Å²) >= 11 is 0. The zero-order valence-electron chi connectivity index (χ0n) is 9.80. The van der Waals surface area contributed by atoms with E-state index in [1.54, 1.807) is 6.07 Å². The number of carboxylic acid groups (broad SMARTS) is 1. The number of carboxylic acids is 1. The second-order valence-electron chi connectivity index (χ2n) is 4.33. The van der Waals surface area contributed by atoms with E-state index in [1.807, 2.05) is 0 Å². The van der Waals surface area contributed by atoms with Crippen LogP contribution in [0.3, 0.4) is 0 Å². The summed E-state index contributed by atoms with van der Waals surface area (Å²) in [5.74, 6) is 0.0682. The van der Waals surface area contributed by atoms with E-state index in [0.29, 0.717) is 30.3 Å². The van der Waals surface area contributed by atoms with Crippen LogP contribution in [-0.2, 0) is 16.1 Å². The van der Waals surface area contributed by atoms with Gasteiger partial charge in [-0.15, -0.1) is 0 Å². The lowest BCUT2D eigenvalue weighted by atomic mass is 10.1. The lowest BCUT2D eigenvalue weighted by molar-refractivity contribution is -0.129. The van der Waals surface area contributed by atoms with Crippen molar-refractivity contribution < 1.29 is 24.2 Å². The molecule has 1 aromatic rings. The molecule has 0 aliphatic heterocycles. The summed E-state index contributed by atoms with van der Waals surface area (Å²) in [5, 5.41) is 8.98. The normalized spacial score (nSPS) is 14.0. The average Bonchev–Trinajstić information content (AvgIpc) is 3.17. The molecule has 0 unspecified atom stereocenters. The van der Waals surface area contributed by atoms with Gasteiger partial charge in [-0.3, -0.25) is 4.79 Å². The zero-order valence-corrected chi connectivity index (χ0v) is 9.80. The monoisotopic (exact) mass is 250 g/mol. The molecule has 0 radical (unpaired) electrons. The molecule has 0 bridgehead atoms. The molecule has 1 aliphatic carbocycles. The number of rotatable bonds is 7. The molecule has 1 fully saturated rings. The molecule has 18 heavy (non-hydrogen) atoms. The Balaban J connectivity index is 2.11. The van der Waals surface area contributed by atoms with Crippen LogP contribution >= 0.6 is 0 Å². The Morgan fingerprint density at radius 2 is 2.17 bits per heavy atom. The van der Waals surface area contributed by atoms with Crippen molar-refractivity contribution in [2.24, 2.45) is 5.92 Å². The molecule has 0 spiro atoms. The highest BCUT2D eigenvalue weighted by Gasteiger charge is 2.22. The van der Waals surface area contributed by atoms with Gasteiger partial charge in [-0.25, -0.2) is 4.79 Å². The van der Waals surface area contributed by atoms with Crippen molar-refractivity contribution >= 4 is 12.4 Å². The van der Waals surface area contributed by atoms with Crippen molar-refractivity contribution in [1.29, 1.82) is 0 Å². The minimum absolute atomic E-state index is 0.0460. The number of hydrogen-bond donors (Lipinski definition) is 1. The van der Waals surface area contributed by atoms with Crippen molar-refractivity contribution in [3.63, 3.8) is 0 Å². The smallest absolute Gasteiger partial charge is 0.335 e. The van der Waals surface area contributed by atoms with E-state index in [0.717, 1.165) is 0 Å². The van der Waals surface area contributed by atoms with Crippen LogP contribution in [0.1, 0.15) is 28.8 Å². The number of benzene rings is 1. The first kappa shape index (κ1) is 12.4. The SMILES string of the molecule is O=COCc1cc(OCC2CC2)cc(C(=O)O)c1. The molecule has 1 N–H and O–H groups in total. The number of carbonyl (C=O) groups excluding carboxylic acids is 1. The van der Waals surface area contributed by atoms with Crippen molar-refractivity contribution in [2.45, 2.75) is 19.4 Å². The van der Waals surface area contributed by atoms with E-state index in [-0.39, 0.29) is 12.2 Å². The minimum Gasteiger partial charge on any atom is -0.493 e. The third-order valence-electron chi connectivity index (χ3n) is 2.71. The minimum atomic E-state index is -1.03. The molecule has 0 saturated heterocycles. The number of carbonyl (C=O) groups is 2. The standard InChI is InChI=1S/C13H14O5/c14-8-17-6-10-3-11(13(15)16)5-12(4-10)18-7-9-1-2-9/h3-5,8-9H,1-2,6-7H2,(H,15,16). The summed E-state index contributed by atoms with van der Waals surface area (Å²) in [7, 11) is 0. The van der Waals surface area contributed by atoms with Gasteiger partial charge in [0.2, 0.25) is 0 Å². The molecule has 5 heteroatoms. The second-order valence-corrected chi connectivity index (χ2v) is 4.33. The van der Waals surface area contributed by atoms with Crippen LogP contribution in [0.25, 0.3) is 0 Å². The summed E-state index contributed by atoms with van der Waals surface area (Å²) in [4.78, 5) is 21.1. The lowest BCUT2D eigenvalue weighted by Gasteiger charge is -2.09. The van der Waals surface area contributed by atoms with Crippen LogP contribution in [0.5, 0.6) is 5.75 Å². The topological polar surface area (TPSA) is 72.8 Å². The predicted molar refractivity (Wildman–Crippen MR) is 62.5 cm³/mol. The summed E-state index contributed by atoms with van der Waals surface area (Å²) < 4.78 is 10.2. The number of hydrogen-bond acceptors (Lipinski definition) is 4. The molecule has 1 aliphatic rings. The van der Waals surface area contributed by atoms with Gasteiger partial charge in [0.05, 0.1) is 12.2 Å². The van der Waals surface area contributed by atoms with Crippen LogP contribution in [0.4, 0.5) is 0 Å². The first-order chi connectivity index (χ1) is 8.69. The van der Waals surface area contributed by atoms with E-state index in [9.17, 15) is 9.59 Å². The molecule has 1 aromatic carbocycles. The molecule has 1 saturated carbocycles. The molecule has 5 nitrogen and oxygen atoms in total. The van der Waals surface area contributed by atoms with Gasteiger partial charge in [-0.2, -0.15) is 0 Å². The number of ether oxygens (including phenoxy) is 2. The van der Waals surface area contributed by atoms with Gasteiger partial charge in [-0.05, 0) is 42.5 Å². The van der Waals surface area contributed by atoms with E-state index in [4.69, 9.17) is 9.84 Å². The van der Waals surface area contributed by atoms with Crippen LogP contribution < -0.4 is 4.74 Å². The molecule has 0 heterocycles. The Labute approximate surface area is 104 Å². The van der Waals surface area contributed by atoms with Gasteiger partial charge >= 0.3 is 5.97 Å². The van der Waals surface area contributed by atoms with Crippen molar-refractivity contribution in [3.05, 3.63) is 29.3 Å². The summed E-state index contributed by atoms with van der Waals surface area (Å²) in [6.07, 6.45) is 2.33. The van der Waals surface area contributed by atoms with Crippen LogP contribution in [0.15, 0.2) is 18.2 Å². The van der Waals surface area contributed by atoms with Crippen molar-refractivity contribution in [1.82, 2.24) is 0 Å². The predicted octanol–water partition coefficient (Wildman–Crippen LogP) is 1.85. The third-order valence-corrected chi connectivity index (χ3v) is 2.71. The summed E-state index contributed by atoms with van der Waals surface area (Å²) in [5.41, 5.74) is 0.737. The third kappa shape index (κ3) is 3.48. The van der Waals surface area contributed by atoms with Gasteiger partial charge in [0.1, 0.15) is 12.4 Å². The van der Waals surface area contributed by atoms with Gasteiger partial charge in [0, 0.05) is 0 Å². The molecule has 0 aromatic heterocycles. The Hall–Kier alpha value is -2.04. The largest absolute Gasteiger partial charge is 0.493 e. The highest BCUT2D eigenvalue weighted by molar-refractivity contribution is 5.88.